The second-order valence-corrected chi connectivity index (χ2v) is 6.70. The van der Waals surface area contributed by atoms with E-state index in [0.717, 1.165) is 0 Å². The fraction of sp³-hybridized carbons (Fsp3) is 0.0588. The quantitative estimate of drug-likeness (QED) is 0.587. The molecule has 0 aliphatic carbocycles. The van der Waals surface area contributed by atoms with Crippen molar-refractivity contribution < 1.29 is 0 Å². The molecule has 0 aliphatic heterocycles. The number of rotatable bonds is 2. The van der Waals surface area contributed by atoms with Gasteiger partial charge < -0.3 is 4.44 Å². The van der Waals surface area contributed by atoms with Gasteiger partial charge >= 0.3 is 0 Å². The minimum absolute atomic E-state index is 1.17. The molecular weight excluding hydrogens is 280 g/mol. The molecule has 0 radical (unpaired) electrons. The summed E-state index contributed by atoms with van der Waals surface area (Å²) in [6.07, 6.45) is 0. The first-order valence-electron chi connectivity index (χ1n) is 6.54. The van der Waals surface area contributed by atoms with Crippen LogP contribution in [0.5, 0.6) is 0 Å². The molecule has 1 nitrogen and oxygen atoms in total. The number of hydrogen-bond acceptors (Lipinski definition) is 1. The maximum absolute atomic E-state index is 2.69. The predicted molar refractivity (Wildman–Crippen MR) is 96.0 cm³/mol. The first-order chi connectivity index (χ1) is 9.65. The Morgan fingerprint density at radius 3 is 2.30 bits per heavy atom. The Bertz CT molecular complexity index is 766. The van der Waals surface area contributed by atoms with Gasteiger partial charge in [-0.25, -0.2) is 0 Å². The number of anilines is 1. The largest absolute Gasteiger partial charge is 0.340 e. The Morgan fingerprint density at radius 2 is 1.50 bits per heavy atom. The highest BCUT2D eigenvalue weighted by atomic mass is 31.1. The third-order valence-electron chi connectivity index (χ3n) is 3.49. The molecule has 0 aliphatic rings. The summed E-state index contributed by atoms with van der Waals surface area (Å²) >= 11 is 0. The summed E-state index contributed by atoms with van der Waals surface area (Å²) in [5.74, 6) is 0. The molecule has 2 atom stereocenters. The lowest BCUT2D eigenvalue weighted by Crippen LogP contribution is -1.93. The third kappa shape index (κ3) is 2.57. The SMILES string of the molecule is Cc1ccc2cc(-c3ccccc3N(P)P)ccc2c1. The zero-order chi connectivity index (χ0) is 14.1. The summed E-state index contributed by atoms with van der Waals surface area (Å²) in [5.41, 5.74) is 4.95. The van der Waals surface area contributed by atoms with Crippen molar-refractivity contribution in [1.82, 2.24) is 0 Å². The van der Waals surface area contributed by atoms with E-state index in [1.165, 1.54) is 33.2 Å². The minimum Gasteiger partial charge on any atom is -0.340 e. The lowest BCUT2D eigenvalue weighted by Gasteiger charge is -2.17. The fourth-order valence-corrected chi connectivity index (χ4v) is 2.93. The molecule has 0 bridgehead atoms. The van der Waals surface area contributed by atoms with Crippen molar-refractivity contribution in [3.8, 4) is 11.1 Å². The Kier molecular flexibility index (Phi) is 3.74. The zero-order valence-corrected chi connectivity index (χ0v) is 13.7. The number of nitrogens with zero attached hydrogens (tertiary/aromatic N) is 1. The molecule has 3 aromatic carbocycles. The lowest BCUT2D eigenvalue weighted by molar-refractivity contribution is 1.50. The summed E-state index contributed by atoms with van der Waals surface area (Å²) in [5, 5.41) is 2.57. The lowest BCUT2D eigenvalue weighted by atomic mass is 9.99. The van der Waals surface area contributed by atoms with E-state index in [1.54, 1.807) is 0 Å². The maximum Gasteiger partial charge on any atom is 0.0502 e. The summed E-state index contributed by atoms with van der Waals surface area (Å²) in [7, 11) is 5.38. The van der Waals surface area contributed by atoms with Crippen LogP contribution < -0.4 is 4.44 Å². The molecule has 0 fully saturated rings. The van der Waals surface area contributed by atoms with E-state index in [2.05, 4.69) is 86.4 Å². The van der Waals surface area contributed by atoms with Gasteiger partial charge in [0.2, 0.25) is 0 Å². The van der Waals surface area contributed by atoms with Crippen LogP contribution in [0.25, 0.3) is 21.9 Å². The van der Waals surface area contributed by atoms with Crippen molar-refractivity contribution in [2.75, 3.05) is 4.44 Å². The van der Waals surface area contributed by atoms with Crippen molar-refractivity contribution in [2.45, 2.75) is 6.92 Å². The van der Waals surface area contributed by atoms with E-state index >= 15 is 0 Å². The van der Waals surface area contributed by atoms with E-state index in [4.69, 9.17) is 0 Å². The monoisotopic (exact) mass is 297 g/mol. The van der Waals surface area contributed by atoms with Crippen LogP contribution >= 0.6 is 18.8 Å². The molecule has 3 heteroatoms. The van der Waals surface area contributed by atoms with E-state index < -0.39 is 0 Å². The van der Waals surface area contributed by atoms with Gasteiger partial charge in [-0.15, -0.1) is 0 Å². The van der Waals surface area contributed by atoms with E-state index in [0.29, 0.717) is 0 Å². The number of benzene rings is 3. The van der Waals surface area contributed by atoms with Gasteiger partial charge in [-0.3, -0.25) is 0 Å². The van der Waals surface area contributed by atoms with Gasteiger partial charge in [-0.2, -0.15) is 0 Å². The van der Waals surface area contributed by atoms with Crippen LogP contribution in [0.4, 0.5) is 5.69 Å². The first-order valence-corrected chi connectivity index (χ1v) is 7.58. The molecule has 2 unspecified atom stereocenters. The van der Waals surface area contributed by atoms with E-state index in [9.17, 15) is 0 Å². The highest BCUT2D eigenvalue weighted by molar-refractivity contribution is 7.39. The highest BCUT2D eigenvalue weighted by Crippen LogP contribution is 2.35. The van der Waals surface area contributed by atoms with Crippen LogP contribution in [0, 0.1) is 6.92 Å². The second-order valence-electron chi connectivity index (χ2n) is 4.99. The van der Waals surface area contributed by atoms with Gasteiger partial charge in [0.05, 0.1) is 5.69 Å². The van der Waals surface area contributed by atoms with Gasteiger partial charge in [0, 0.05) is 5.56 Å². The third-order valence-corrected chi connectivity index (χ3v) is 4.05. The molecule has 100 valence electrons. The molecule has 0 N–H and O–H groups in total. The Labute approximate surface area is 124 Å². The van der Waals surface area contributed by atoms with Crippen molar-refractivity contribution >= 4 is 35.2 Å². The molecule has 20 heavy (non-hydrogen) atoms. The van der Waals surface area contributed by atoms with Crippen LogP contribution in [0.1, 0.15) is 5.56 Å². The summed E-state index contributed by atoms with van der Waals surface area (Å²) < 4.78 is 1.99. The molecule has 0 saturated heterocycles. The molecule has 3 aromatic rings. The van der Waals surface area contributed by atoms with Crippen LogP contribution in [0.2, 0.25) is 0 Å². The summed E-state index contributed by atoms with van der Waals surface area (Å²) in [6.45, 7) is 2.13. The van der Waals surface area contributed by atoms with Crippen molar-refractivity contribution in [2.24, 2.45) is 0 Å². The zero-order valence-electron chi connectivity index (χ0n) is 11.4. The van der Waals surface area contributed by atoms with Gasteiger partial charge in [0.1, 0.15) is 0 Å². The topological polar surface area (TPSA) is 3.24 Å². The van der Waals surface area contributed by atoms with Gasteiger partial charge in [0.15, 0.2) is 0 Å². The number of hydrogen-bond donors (Lipinski definition) is 0. The van der Waals surface area contributed by atoms with Crippen molar-refractivity contribution in [3.05, 3.63) is 66.2 Å². The van der Waals surface area contributed by atoms with Gasteiger partial charge in [0.25, 0.3) is 0 Å². The predicted octanol–water partition coefficient (Wildman–Crippen LogP) is 5.20. The number of aryl methyl sites for hydroxylation is 1. The maximum atomic E-state index is 2.69. The second kappa shape index (κ2) is 5.52. The average Bonchev–Trinajstić information content (AvgIpc) is 2.46. The van der Waals surface area contributed by atoms with E-state index in [1.807, 2.05) is 4.44 Å². The Balaban J connectivity index is 2.18. The smallest absolute Gasteiger partial charge is 0.0502 e. The molecule has 0 spiro atoms. The van der Waals surface area contributed by atoms with Crippen LogP contribution in [0.3, 0.4) is 0 Å². The standard InChI is InChI=1S/C17H17NP2/c1-12-6-7-14-11-15(9-8-13(14)10-12)16-4-2-3-5-17(16)18(19)20/h2-11H,19-20H2,1H3. The van der Waals surface area contributed by atoms with Crippen LogP contribution in [0.15, 0.2) is 60.7 Å². The Morgan fingerprint density at radius 1 is 0.800 bits per heavy atom. The molecule has 0 aromatic heterocycles. The van der Waals surface area contributed by atoms with Crippen molar-refractivity contribution in [3.63, 3.8) is 0 Å². The van der Waals surface area contributed by atoms with Crippen molar-refractivity contribution in [1.29, 1.82) is 0 Å². The van der Waals surface area contributed by atoms with Crippen LogP contribution in [-0.2, 0) is 0 Å². The summed E-state index contributed by atoms with van der Waals surface area (Å²) in [4.78, 5) is 0. The fourth-order valence-electron chi connectivity index (χ4n) is 2.48. The minimum atomic E-state index is 1.17. The van der Waals surface area contributed by atoms with Crippen LogP contribution in [-0.4, -0.2) is 0 Å². The molecular formula is C17H17NP2. The Hall–Kier alpha value is -1.42. The average molecular weight is 297 g/mol. The molecule has 0 saturated carbocycles. The molecule has 0 heterocycles. The molecule has 3 rings (SSSR count). The number of para-hydroxylation sites is 1. The highest BCUT2D eigenvalue weighted by Gasteiger charge is 2.07. The molecule has 0 amide bonds. The van der Waals surface area contributed by atoms with Gasteiger partial charge in [-0.1, -0.05) is 54.1 Å². The van der Waals surface area contributed by atoms with Gasteiger partial charge in [-0.05, 0) is 54.2 Å². The number of fused-ring (bicyclic) bond motifs is 1. The normalized spacial score (nSPS) is 10.8. The van der Waals surface area contributed by atoms with E-state index in [-0.39, 0.29) is 0 Å². The summed E-state index contributed by atoms with van der Waals surface area (Å²) in [6, 6.07) is 21.6. The first kappa shape index (κ1) is 13.6.